The third-order valence-corrected chi connectivity index (χ3v) is 4.63. The molecule has 3 rings (SSSR count). The van der Waals surface area contributed by atoms with Gasteiger partial charge in [-0.15, -0.1) is 0 Å². The van der Waals surface area contributed by atoms with Crippen LogP contribution < -0.4 is 15.0 Å². The second kappa shape index (κ2) is 9.22. The molecule has 0 radical (unpaired) electrons. The van der Waals surface area contributed by atoms with E-state index in [4.69, 9.17) is 4.74 Å². The quantitative estimate of drug-likeness (QED) is 0.739. The molecule has 1 aromatic carbocycles. The largest absolute Gasteiger partial charge is 0.493 e. The summed E-state index contributed by atoms with van der Waals surface area (Å²) in [4.78, 5) is 18.8. The molecular weight excluding hydrogens is 326 g/mol. The van der Waals surface area contributed by atoms with E-state index in [-0.39, 0.29) is 5.91 Å². The number of carbonyl (C=O) groups excluding carboxylic acids is 1. The third kappa shape index (κ3) is 5.22. The molecule has 26 heavy (non-hydrogen) atoms. The van der Waals surface area contributed by atoms with Crippen LogP contribution >= 0.6 is 0 Å². The van der Waals surface area contributed by atoms with E-state index in [1.165, 1.54) is 12.8 Å². The summed E-state index contributed by atoms with van der Waals surface area (Å²) in [6, 6.07) is 12.0. The molecule has 138 valence electrons. The monoisotopic (exact) mass is 353 g/mol. The van der Waals surface area contributed by atoms with Crippen LogP contribution in [0.15, 0.2) is 42.6 Å². The van der Waals surface area contributed by atoms with E-state index in [2.05, 4.69) is 21.3 Å². The number of aromatic nitrogens is 1. The fourth-order valence-electron chi connectivity index (χ4n) is 3.11. The molecular formula is C21H27N3O2. The zero-order chi connectivity index (χ0) is 18.2. The first kappa shape index (κ1) is 18.2. The highest BCUT2D eigenvalue weighted by atomic mass is 16.5. The molecule has 1 fully saturated rings. The van der Waals surface area contributed by atoms with Gasteiger partial charge in [0.25, 0.3) is 0 Å². The number of rotatable bonds is 8. The molecule has 2 heterocycles. The van der Waals surface area contributed by atoms with Crippen LogP contribution in [-0.2, 0) is 11.3 Å². The van der Waals surface area contributed by atoms with Crippen LogP contribution in [0.4, 0.5) is 5.82 Å². The van der Waals surface area contributed by atoms with E-state index in [9.17, 15) is 4.79 Å². The number of para-hydroxylation sites is 1. The lowest BCUT2D eigenvalue weighted by atomic mass is 10.2. The average Bonchev–Trinajstić information content (AvgIpc) is 3.20. The Hall–Kier alpha value is -2.56. The van der Waals surface area contributed by atoms with E-state index in [0.29, 0.717) is 26.0 Å². The molecule has 0 aliphatic carbocycles. The molecule has 0 bridgehead atoms. The van der Waals surface area contributed by atoms with Gasteiger partial charge in [0.2, 0.25) is 5.91 Å². The molecule has 0 spiro atoms. The standard InChI is InChI=1S/C21H27N3O2/c1-17-7-2-3-8-19(17)26-14-6-9-21(25)23-16-18-10-11-22-20(15-18)24-12-4-5-13-24/h2-3,7-8,10-11,15H,4-6,9,12-14,16H2,1H3,(H,23,25). The van der Waals surface area contributed by atoms with Crippen molar-refractivity contribution in [2.24, 2.45) is 0 Å². The van der Waals surface area contributed by atoms with Crippen molar-refractivity contribution in [2.45, 2.75) is 39.2 Å². The molecule has 0 atom stereocenters. The Kier molecular flexibility index (Phi) is 6.47. The van der Waals surface area contributed by atoms with E-state index in [1.807, 2.05) is 43.5 Å². The number of hydrogen-bond acceptors (Lipinski definition) is 4. The first-order valence-corrected chi connectivity index (χ1v) is 9.37. The predicted octanol–water partition coefficient (Wildman–Crippen LogP) is 3.47. The molecule has 1 saturated heterocycles. The van der Waals surface area contributed by atoms with Crippen LogP contribution in [0.1, 0.15) is 36.8 Å². The summed E-state index contributed by atoms with van der Waals surface area (Å²) in [7, 11) is 0. The van der Waals surface area contributed by atoms with Crippen molar-refractivity contribution in [1.29, 1.82) is 0 Å². The summed E-state index contributed by atoms with van der Waals surface area (Å²) in [6.07, 6.45) is 5.46. The zero-order valence-corrected chi connectivity index (χ0v) is 15.4. The van der Waals surface area contributed by atoms with E-state index in [0.717, 1.165) is 35.8 Å². The fraction of sp³-hybridized carbons (Fsp3) is 0.429. The Morgan fingerprint density at radius 3 is 2.85 bits per heavy atom. The summed E-state index contributed by atoms with van der Waals surface area (Å²) in [5, 5.41) is 2.99. The molecule has 1 aliphatic heterocycles. The average molecular weight is 353 g/mol. The molecule has 1 aliphatic rings. The number of amides is 1. The van der Waals surface area contributed by atoms with Gasteiger partial charge in [-0.3, -0.25) is 4.79 Å². The molecule has 5 nitrogen and oxygen atoms in total. The van der Waals surface area contributed by atoms with Crippen LogP contribution in [-0.4, -0.2) is 30.6 Å². The number of benzene rings is 1. The van der Waals surface area contributed by atoms with Crippen LogP contribution in [0, 0.1) is 6.92 Å². The highest BCUT2D eigenvalue weighted by Gasteiger charge is 2.13. The molecule has 2 aromatic rings. The number of hydrogen-bond donors (Lipinski definition) is 1. The van der Waals surface area contributed by atoms with Gasteiger partial charge in [-0.2, -0.15) is 0 Å². The first-order chi connectivity index (χ1) is 12.7. The number of anilines is 1. The molecule has 1 amide bonds. The van der Waals surface area contributed by atoms with Crippen molar-refractivity contribution in [3.05, 3.63) is 53.7 Å². The third-order valence-electron chi connectivity index (χ3n) is 4.63. The summed E-state index contributed by atoms with van der Waals surface area (Å²) in [6.45, 7) is 5.26. The second-order valence-corrected chi connectivity index (χ2v) is 6.71. The number of ether oxygens (including phenoxy) is 1. The number of nitrogens with zero attached hydrogens (tertiary/aromatic N) is 2. The Morgan fingerprint density at radius 2 is 2.04 bits per heavy atom. The summed E-state index contributed by atoms with van der Waals surface area (Å²) >= 11 is 0. The smallest absolute Gasteiger partial charge is 0.220 e. The fourth-order valence-corrected chi connectivity index (χ4v) is 3.11. The van der Waals surface area contributed by atoms with E-state index < -0.39 is 0 Å². The number of aryl methyl sites for hydroxylation is 1. The van der Waals surface area contributed by atoms with Crippen LogP contribution in [0.3, 0.4) is 0 Å². The van der Waals surface area contributed by atoms with Crippen LogP contribution in [0.25, 0.3) is 0 Å². The van der Waals surface area contributed by atoms with Crippen molar-refractivity contribution in [2.75, 3.05) is 24.6 Å². The maximum absolute atomic E-state index is 12.0. The Balaban J connectivity index is 1.37. The minimum atomic E-state index is 0.0536. The first-order valence-electron chi connectivity index (χ1n) is 9.37. The summed E-state index contributed by atoms with van der Waals surface area (Å²) in [5.41, 5.74) is 2.20. The van der Waals surface area contributed by atoms with Crippen molar-refractivity contribution in [3.8, 4) is 5.75 Å². The molecule has 0 saturated carbocycles. The van der Waals surface area contributed by atoms with Gasteiger partial charge in [-0.25, -0.2) is 4.98 Å². The van der Waals surface area contributed by atoms with Gasteiger partial charge >= 0.3 is 0 Å². The van der Waals surface area contributed by atoms with Crippen LogP contribution in [0.2, 0.25) is 0 Å². The lowest BCUT2D eigenvalue weighted by Crippen LogP contribution is -2.24. The van der Waals surface area contributed by atoms with Gasteiger partial charge in [-0.05, 0) is 55.5 Å². The zero-order valence-electron chi connectivity index (χ0n) is 15.4. The lowest BCUT2D eigenvalue weighted by molar-refractivity contribution is -0.121. The van der Waals surface area contributed by atoms with E-state index >= 15 is 0 Å². The molecule has 0 unspecified atom stereocenters. The van der Waals surface area contributed by atoms with Gasteiger partial charge in [0, 0.05) is 32.3 Å². The number of nitrogens with one attached hydrogen (secondary N) is 1. The molecule has 1 aromatic heterocycles. The van der Waals surface area contributed by atoms with Crippen molar-refractivity contribution in [3.63, 3.8) is 0 Å². The van der Waals surface area contributed by atoms with Crippen molar-refractivity contribution < 1.29 is 9.53 Å². The van der Waals surface area contributed by atoms with Gasteiger partial charge in [0.15, 0.2) is 0 Å². The SMILES string of the molecule is Cc1ccccc1OCCCC(=O)NCc1ccnc(N2CCCC2)c1. The van der Waals surface area contributed by atoms with Crippen molar-refractivity contribution in [1.82, 2.24) is 10.3 Å². The summed E-state index contributed by atoms with van der Waals surface area (Å²) in [5.74, 6) is 1.96. The minimum absolute atomic E-state index is 0.0536. The summed E-state index contributed by atoms with van der Waals surface area (Å²) < 4.78 is 5.73. The Morgan fingerprint density at radius 1 is 1.23 bits per heavy atom. The highest BCUT2D eigenvalue weighted by Crippen LogP contribution is 2.18. The Labute approximate surface area is 155 Å². The Bertz CT molecular complexity index is 727. The van der Waals surface area contributed by atoms with E-state index in [1.54, 1.807) is 0 Å². The minimum Gasteiger partial charge on any atom is -0.493 e. The molecule has 5 heteroatoms. The van der Waals surface area contributed by atoms with Gasteiger partial charge in [0.05, 0.1) is 6.61 Å². The highest BCUT2D eigenvalue weighted by molar-refractivity contribution is 5.75. The maximum atomic E-state index is 12.0. The van der Waals surface area contributed by atoms with Gasteiger partial charge < -0.3 is 15.0 Å². The van der Waals surface area contributed by atoms with Crippen molar-refractivity contribution >= 4 is 11.7 Å². The van der Waals surface area contributed by atoms with Crippen LogP contribution in [0.5, 0.6) is 5.75 Å². The number of carbonyl (C=O) groups is 1. The van der Waals surface area contributed by atoms with Gasteiger partial charge in [-0.1, -0.05) is 18.2 Å². The lowest BCUT2D eigenvalue weighted by Gasteiger charge is -2.17. The number of pyridine rings is 1. The molecule has 1 N–H and O–H groups in total. The van der Waals surface area contributed by atoms with Gasteiger partial charge in [0.1, 0.15) is 11.6 Å². The maximum Gasteiger partial charge on any atom is 0.220 e. The predicted molar refractivity (Wildman–Crippen MR) is 103 cm³/mol. The second-order valence-electron chi connectivity index (χ2n) is 6.71. The topological polar surface area (TPSA) is 54.5 Å². The normalized spacial score (nSPS) is 13.7.